The van der Waals surface area contributed by atoms with Crippen molar-refractivity contribution in [3.8, 4) is 0 Å². The van der Waals surface area contributed by atoms with Gasteiger partial charge >= 0.3 is 0 Å². The Morgan fingerprint density at radius 2 is 2.50 bits per heavy atom. The summed E-state index contributed by atoms with van der Waals surface area (Å²) in [6, 6.07) is 0. The molecule has 0 radical (unpaired) electrons. The van der Waals surface area contributed by atoms with Crippen LogP contribution in [0.4, 0.5) is 0 Å². The fraction of sp³-hybridized carbons (Fsp3) is 0.500. The van der Waals surface area contributed by atoms with Gasteiger partial charge in [0.15, 0.2) is 0 Å². The van der Waals surface area contributed by atoms with Crippen molar-refractivity contribution in [1.82, 2.24) is 5.32 Å². The van der Waals surface area contributed by atoms with Gasteiger partial charge in [0.25, 0.3) is 0 Å². The third-order valence-electron chi connectivity index (χ3n) is 0.751. The normalized spacial score (nSPS) is 9.70. The van der Waals surface area contributed by atoms with E-state index in [0.717, 1.165) is 0 Å². The molecule has 0 aromatic rings. The van der Waals surface area contributed by atoms with E-state index in [2.05, 4.69) is 22.5 Å². The molecule has 0 rings (SSSR count). The van der Waals surface area contributed by atoms with Crippen LogP contribution in [-0.2, 0) is 4.79 Å². The fourth-order valence-corrected chi connectivity index (χ4v) is 0.458. The summed E-state index contributed by atoms with van der Waals surface area (Å²) in [5, 5.41) is 4.10. The highest BCUT2D eigenvalue weighted by Crippen LogP contribution is 1.63. The number of nitrogens with one attached hydrogen (secondary N) is 1. The molecule has 0 spiro atoms. The van der Waals surface area contributed by atoms with Gasteiger partial charge in [-0.05, 0) is 0 Å². The summed E-state index contributed by atoms with van der Waals surface area (Å²) in [4.78, 5) is 14.1. The zero-order chi connectivity index (χ0) is 7.82. The molecule has 0 aliphatic heterocycles. The Morgan fingerprint density at radius 1 is 1.80 bits per heavy atom. The average molecular weight is 158 g/mol. The van der Waals surface area contributed by atoms with Gasteiger partial charge in [-0.3, -0.25) is 9.79 Å². The summed E-state index contributed by atoms with van der Waals surface area (Å²) in [7, 11) is 0. The number of hydrogen-bond acceptors (Lipinski definition) is 3. The standard InChI is InChI=1S/C6H10N2OS/c1-6(9)8-3-2-7-4-5-10/h2,5H,3-4H2,1H3,(H,8,9). The molecule has 0 heterocycles. The first-order chi connectivity index (χ1) is 4.77. The van der Waals surface area contributed by atoms with Crippen molar-refractivity contribution in [1.29, 1.82) is 0 Å². The van der Waals surface area contributed by atoms with Crippen molar-refractivity contribution >= 4 is 29.7 Å². The van der Waals surface area contributed by atoms with Crippen LogP contribution in [0.3, 0.4) is 0 Å². The van der Waals surface area contributed by atoms with E-state index in [0.29, 0.717) is 13.1 Å². The van der Waals surface area contributed by atoms with Gasteiger partial charge in [-0.25, -0.2) is 0 Å². The molecule has 4 heteroatoms. The minimum absolute atomic E-state index is 0.0474. The lowest BCUT2D eigenvalue weighted by Gasteiger charge is -1.92. The van der Waals surface area contributed by atoms with Crippen LogP contribution < -0.4 is 5.32 Å². The maximum absolute atomic E-state index is 10.3. The van der Waals surface area contributed by atoms with Crippen LogP contribution >= 0.6 is 12.2 Å². The SMILES string of the molecule is CC(=O)NCC=NCC=S. The first-order valence-electron chi connectivity index (χ1n) is 2.93. The summed E-state index contributed by atoms with van der Waals surface area (Å²) >= 11 is 4.53. The van der Waals surface area contributed by atoms with Crippen molar-refractivity contribution in [2.24, 2.45) is 4.99 Å². The van der Waals surface area contributed by atoms with Gasteiger partial charge in [-0.15, -0.1) is 0 Å². The van der Waals surface area contributed by atoms with Crippen LogP contribution in [0.1, 0.15) is 6.92 Å². The maximum atomic E-state index is 10.3. The van der Waals surface area contributed by atoms with Crippen LogP contribution in [0, 0.1) is 0 Å². The molecule has 0 aliphatic carbocycles. The minimum Gasteiger partial charge on any atom is -0.351 e. The van der Waals surface area contributed by atoms with Crippen LogP contribution in [0.5, 0.6) is 0 Å². The van der Waals surface area contributed by atoms with E-state index in [1.54, 1.807) is 6.21 Å². The quantitative estimate of drug-likeness (QED) is 0.469. The Hall–Kier alpha value is -0.770. The summed E-state index contributed by atoms with van der Waals surface area (Å²) in [5.41, 5.74) is 0. The number of carbonyl (C=O) groups excluding carboxylic acids is 1. The van der Waals surface area contributed by atoms with Crippen molar-refractivity contribution in [2.45, 2.75) is 6.92 Å². The zero-order valence-electron chi connectivity index (χ0n) is 5.83. The first kappa shape index (κ1) is 9.23. The van der Waals surface area contributed by atoms with Gasteiger partial charge in [0.05, 0.1) is 13.1 Å². The second kappa shape index (κ2) is 6.35. The number of nitrogens with zero attached hydrogens (tertiary/aromatic N) is 1. The lowest BCUT2D eigenvalue weighted by Crippen LogP contribution is -2.21. The van der Waals surface area contributed by atoms with E-state index in [4.69, 9.17) is 0 Å². The lowest BCUT2D eigenvalue weighted by atomic mass is 10.6. The van der Waals surface area contributed by atoms with E-state index >= 15 is 0 Å². The topological polar surface area (TPSA) is 41.5 Å². The summed E-state index contributed by atoms with van der Waals surface area (Å²) in [5.74, 6) is -0.0474. The minimum atomic E-state index is -0.0474. The van der Waals surface area contributed by atoms with Gasteiger partial charge in [0.2, 0.25) is 5.91 Å². The molecule has 0 saturated carbocycles. The maximum Gasteiger partial charge on any atom is 0.217 e. The molecule has 0 saturated heterocycles. The molecule has 0 unspecified atom stereocenters. The van der Waals surface area contributed by atoms with Crippen molar-refractivity contribution < 1.29 is 4.79 Å². The molecule has 56 valence electrons. The number of carbonyl (C=O) groups is 1. The molecular formula is C6H10N2OS. The predicted molar refractivity (Wildman–Crippen MR) is 45.7 cm³/mol. The Labute approximate surface area is 65.5 Å². The largest absolute Gasteiger partial charge is 0.351 e. The Balaban J connectivity index is 3.18. The molecule has 0 aliphatic rings. The molecule has 10 heavy (non-hydrogen) atoms. The predicted octanol–water partition coefficient (Wildman–Crippen LogP) is 0.193. The van der Waals surface area contributed by atoms with E-state index in [1.807, 2.05) is 0 Å². The third kappa shape index (κ3) is 7.23. The van der Waals surface area contributed by atoms with Gasteiger partial charge in [0.1, 0.15) is 0 Å². The summed E-state index contributed by atoms with van der Waals surface area (Å²) < 4.78 is 0. The molecule has 1 N–H and O–H groups in total. The van der Waals surface area contributed by atoms with Gasteiger partial charge < -0.3 is 5.32 Å². The monoisotopic (exact) mass is 158 g/mol. The fourth-order valence-electron chi connectivity index (χ4n) is 0.371. The molecule has 0 aromatic heterocycles. The van der Waals surface area contributed by atoms with Crippen molar-refractivity contribution in [3.05, 3.63) is 0 Å². The lowest BCUT2D eigenvalue weighted by molar-refractivity contribution is -0.118. The summed E-state index contributed by atoms with van der Waals surface area (Å²) in [6.07, 6.45) is 1.63. The highest BCUT2D eigenvalue weighted by Gasteiger charge is 1.83. The van der Waals surface area contributed by atoms with Gasteiger partial charge in [0, 0.05) is 18.5 Å². The number of amides is 1. The molecule has 1 amide bonds. The van der Waals surface area contributed by atoms with Gasteiger partial charge in [-0.1, -0.05) is 12.2 Å². The van der Waals surface area contributed by atoms with Gasteiger partial charge in [-0.2, -0.15) is 0 Å². The molecule has 0 bridgehead atoms. The van der Waals surface area contributed by atoms with Crippen molar-refractivity contribution in [3.63, 3.8) is 0 Å². The second-order valence-electron chi connectivity index (χ2n) is 1.65. The highest BCUT2D eigenvalue weighted by molar-refractivity contribution is 7.79. The number of rotatable bonds is 4. The number of thiocarbonyl (C=S) groups is 1. The third-order valence-corrected chi connectivity index (χ3v) is 0.900. The Kier molecular flexibility index (Phi) is 5.86. The highest BCUT2D eigenvalue weighted by atomic mass is 32.1. The first-order valence-corrected chi connectivity index (χ1v) is 3.41. The van der Waals surface area contributed by atoms with Crippen LogP contribution in [0.15, 0.2) is 4.99 Å². The Bertz CT molecular complexity index is 145. The number of aliphatic imine (C=N–C) groups is 1. The van der Waals surface area contributed by atoms with Crippen molar-refractivity contribution in [2.75, 3.05) is 13.1 Å². The average Bonchev–Trinajstić information content (AvgIpc) is 1.87. The summed E-state index contributed by atoms with van der Waals surface area (Å²) in [6.45, 7) is 2.49. The number of hydrogen-bond donors (Lipinski definition) is 1. The molecule has 3 nitrogen and oxygen atoms in total. The van der Waals surface area contributed by atoms with E-state index < -0.39 is 0 Å². The second-order valence-corrected chi connectivity index (χ2v) is 1.98. The zero-order valence-corrected chi connectivity index (χ0v) is 6.65. The Morgan fingerprint density at radius 3 is 3.00 bits per heavy atom. The van der Waals surface area contributed by atoms with Crippen LogP contribution in [0.25, 0.3) is 0 Å². The smallest absolute Gasteiger partial charge is 0.217 e. The van der Waals surface area contributed by atoms with Crippen LogP contribution in [0.2, 0.25) is 0 Å². The molecular weight excluding hydrogens is 148 g/mol. The van der Waals surface area contributed by atoms with Crippen LogP contribution in [-0.4, -0.2) is 30.6 Å². The molecule has 0 atom stereocenters. The van der Waals surface area contributed by atoms with E-state index in [9.17, 15) is 4.79 Å². The molecule has 0 aromatic carbocycles. The molecule has 0 fully saturated rings. The van der Waals surface area contributed by atoms with E-state index in [1.165, 1.54) is 12.3 Å². The van der Waals surface area contributed by atoms with E-state index in [-0.39, 0.29) is 5.91 Å².